The van der Waals surface area contributed by atoms with Crippen molar-refractivity contribution in [2.75, 3.05) is 6.61 Å². The zero-order valence-electron chi connectivity index (χ0n) is 12.0. The Morgan fingerprint density at radius 2 is 2.00 bits per heavy atom. The molecule has 0 aliphatic heterocycles. The lowest BCUT2D eigenvalue weighted by Gasteiger charge is -2.08. The largest absolute Gasteiger partial charge is 0.463 e. The second-order valence-electron chi connectivity index (χ2n) is 4.48. The molecule has 0 radical (unpaired) electrons. The average Bonchev–Trinajstić information content (AvgIpc) is 2.93. The summed E-state index contributed by atoms with van der Waals surface area (Å²) in [5.74, 6) is -1.54. The van der Waals surface area contributed by atoms with Gasteiger partial charge in [0, 0.05) is 11.6 Å². The fourth-order valence-electron chi connectivity index (χ4n) is 1.83. The third kappa shape index (κ3) is 4.21. The zero-order valence-corrected chi connectivity index (χ0v) is 12.0. The standard InChI is InChI=1S/C16H12F4O3/c1-2-22-15(21)8-5-11-4-7-14(23-11)10-3-6-13(17)12(9-10)16(18,19)20/h3-9H,2H2,1H3. The highest BCUT2D eigenvalue weighted by atomic mass is 19.4. The van der Waals surface area contributed by atoms with Crippen molar-refractivity contribution in [2.24, 2.45) is 0 Å². The van der Waals surface area contributed by atoms with Gasteiger partial charge in [0.05, 0.1) is 12.2 Å². The zero-order chi connectivity index (χ0) is 17.0. The number of ether oxygens (including phenoxy) is 1. The van der Waals surface area contributed by atoms with Crippen molar-refractivity contribution >= 4 is 12.0 Å². The normalized spacial score (nSPS) is 11.9. The van der Waals surface area contributed by atoms with Crippen LogP contribution in [-0.4, -0.2) is 12.6 Å². The summed E-state index contributed by atoms with van der Waals surface area (Å²) >= 11 is 0. The minimum atomic E-state index is -4.79. The van der Waals surface area contributed by atoms with E-state index in [4.69, 9.17) is 4.42 Å². The fraction of sp³-hybridized carbons (Fsp3) is 0.188. The molecular weight excluding hydrogens is 316 g/mol. The molecule has 0 aliphatic rings. The van der Waals surface area contributed by atoms with Gasteiger partial charge in [-0.2, -0.15) is 13.2 Å². The molecule has 0 unspecified atom stereocenters. The van der Waals surface area contributed by atoms with Crippen LogP contribution in [-0.2, 0) is 15.7 Å². The highest BCUT2D eigenvalue weighted by molar-refractivity contribution is 5.86. The maximum Gasteiger partial charge on any atom is 0.419 e. The number of furan rings is 1. The summed E-state index contributed by atoms with van der Waals surface area (Å²) in [4.78, 5) is 11.2. The van der Waals surface area contributed by atoms with E-state index < -0.39 is 23.5 Å². The number of carbonyl (C=O) groups is 1. The molecule has 1 aromatic carbocycles. The van der Waals surface area contributed by atoms with Crippen molar-refractivity contribution in [2.45, 2.75) is 13.1 Å². The maximum atomic E-state index is 13.3. The lowest BCUT2D eigenvalue weighted by molar-refractivity contribution is -0.140. The van der Waals surface area contributed by atoms with E-state index in [9.17, 15) is 22.4 Å². The first-order valence-corrected chi connectivity index (χ1v) is 6.63. The van der Waals surface area contributed by atoms with Gasteiger partial charge in [0.15, 0.2) is 0 Å². The highest BCUT2D eigenvalue weighted by Crippen LogP contribution is 2.34. The van der Waals surface area contributed by atoms with Gasteiger partial charge in [0.2, 0.25) is 0 Å². The lowest BCUT2D eigenvalue weighted by Crippen LogP contribution is -2.08. The second-order valence-corrected chi connectivity index (χ2v) is 4.48. The van der Waals surface area contributed by atoms with Crippen LogP contribution in [0.4, 0.5) is 17.6 Å². The lowest BCUT2D eigenvalue weighted by atomic mass is 10.1. The van der Waals surface area contributed by atoms with Crippen LogP contribution in [0.1, 0.15) is 18.2 Å². The molecule has 0 aliphatic carbocycles. The first-order chi connectivity index (χ1) is 10.8. The predicted octanol–water partition coefficient (Wildman–Crippen LogP) is 4.68. The van der Waals surface area contributed by atoms with Gasteiger partial charge in [0.25, 0.3) is 0 Å². The second kappa shape index (κ2) is 6.68. The van der Waals surface area contributed by atoms with Gasteiger partial charge in [-0.15, -0.1) is 0 Å². The molecule has 2 rings (SSSR count). The van der Waals surface area contributed by atoms with Crippen molar-refractivity contribution in [1.29, 1.82) is 0 Å². The van der Waals surface area contributed by atoms with Gasteiger partial charge in [-0.05, 0) is 43.3 Å². The number of esters is 1. The predicted molar refractivity (Wildman–Crippen MR) is 74.8 cm³/mol. The van der Waals surface area contributed by atoms with Crippen molar-refractivity contribution < 1.29 is 31.5 Å². The molecule has 1 aromatic heterocycles. The Morgan fingerprint density at radius 3 is 2.65 bits per heavy atom. The number of halogens is 4. The molecule has 1 heterocycles. The maximum absolute atomic E-state index is 13.3. The average molecular weight is 328 g/mol. The number of carbonyl (C=O) groups excluding carboxylic acids is 1. The summed E-state index contributed by atoms with van der Waals surface area (Å²) in [6.07, 6.45) is -2.33. The molecule has 0 atom stereocenters. The first kappa shape index (κ1) is 16.8. The first-order valence-electron chi connectivity index (χ1n) is 6.63. The minimum Gasteiger partial charge on any atom is -0.463 e. The van der Waals surface area contributed by atoms with Gasteiger partial charge < -0.3 is 9.15 Å². The smallest absolute Gasteiger partial charge is 0.419 e. The number of rotatable bonds is 4. The Balaban J connectivity index is 2.26. The molecule has 3 nitrogen and oxygen atoms in total. The Bertz CT molecular complexity index is 729. The number of alkyl halides is 3. The van der Waals surface area contributed by atoms with Gasteiger partial charge in [0.1, 0.15) is 17.3 Å². The van der Waals surface area contributed by atoms with Crippen LogP contribution in [0.15, 0.2) is 40.8 Å². The molecule has 0 fully saturated rings. The van der Waals surface area contributed by atoms with Crippen molar-refractivity contribution in [3.05, 3.63) is 53.5 Å². The van der Waals surface area contributed by atoms with Gasteiger partial charge >= 0.3 is 12.1 Å². The summed E-state index contributed by atoms with van der Waals surface area (Å²) in [6.45, 7) is 1.88. The highest BCUT2D eigenvalue weighted by Gasteiger charge is 2.34. The molecule has 0 bridgehead atoms. The van der Waals surface area contributed by atoms with Crippen LogP contribution in [0.25, 0.3) is 17.4 Å². The van der Waals surface area contributed by atoms with E-state index in [1.165, 1.54) is 24.3 Å². The van der Waals surface area contributed by atoms with Crippen molar-refractivity contribution in [3.63, 3.8) is 0 Å². The fourth-order valence-corrected chi connectivity index (χ4v) is 1.83. The SMILES string of the molecule is CCOC(=O)C=Cc1ccc(-c2ccc(F)c(C(F)(F)F)c2)o1. The summed E-state index contributed by atoms with van der Waals surface area (Å²) in [5, 5.41) is 0. The third-order valence-corrected chi connectivity index (χ3v) is 2.85. The van der Waals surface area contributed by atoms with Crippen LogP contribution in [0.5, 0.6) is 0 Å². The minimum absolute atomic E-state index is 0.0782. The number of benzene rings is 1. The quantitative estimate of drug-likeness (QED) is 0.465. The molecule has 7 heteroatoms. The van der Waals surface area contributed by atoms with Gasteiger partial charge in [-0.25, -0.2) is 9.18 Å². The Morgan fingerprint density at radius 1 is 1.26 bits per heavy atom. The molecule has 23 heavy (non-hydrogen) atoms. The summed E-state index contributed by atoms with van der Waals surface area (Å²) in [7, 11) is 0. The van der Waals surface area contributed by atoms with Crippen LogP contribution in [0, 0.1) is 5.82 Å². The summed E-state index contributed by atoms with van der Waals surface area (Å²) in [6, 6.07) is 5.49. The third-order valence-electron chi connectivity index (χ3n) is 2.85. The van der Waals surface area contributed by atoms with E-state index in [1.807, 2.05) is 0 Å². The molecule has 0 N–H and O–H groups in total. The number of hydrogen-bond donors (Lipinski definition) is 0. The van der Waals surface area contributed by atoms with E-state index in [1.54, 1.807) is 6.92 Å². The topological polar surface area (TPSA) is 39.4 Å². The Hall–Kier alpha value is -2.57. The van der Waals surface area contributed by atoms with Crippen LogP contribution in [0.3, 0.4) is 0 Å². The molecule has 122 valence electrons. The number of hydrogen-bond acceptors (Lipinski definition) is 3. The Kier molecular flexibility index (Phi) is 4.88. The van der Waals surface area contributed by atoms with E-state index in [0.717, 1.165) is 12.1 Å². The summed E-state index contributed by atoms with van der Waals surface area (Å²) in [5.41, 5.74) is -1.29. The molecule has 0 saturated carbocycles. The van der Waals surface area contributed by atoms with Crippen molar-refractivity contribution in [3.8, 4) is 11.3 Å². The Labute approximate surface area is 129 Å². The van der Waals surface area contributed by atoms with Gasteiger partial charge in [-0.1, -0.05) is 0 Å². The van der Waals surface area contributed by atoms with Crippen LogP contribution in [0.2, 0.25) is 0 Å². The van der Waals surface area contributed by atoms with Gasteiger partial charge in [-0.3, -0.25) is 0 Å². The van der Waals surface area contributed by atoms with Crippen LogP contribution >= 0.6 is 0 Å². The van der Waals surface area contributed by atoms with E-state index in [-0.39, 0.29) is 23.7 Å². The monoisotopic (exact) mass is 328 g/mol. The van der Waals surface area contributed by atoms with E-state index in [0.29, 0.717) is 6.07 Å². The summed E-state index contributed by atoms with van der Waals surface area (Å²) < 4.78 is 61.4. The molecule has 0 spiro atoms. The van der Waals surface area contributed by atoms with E-state index >= 15 is 0 Å². The molecule has 0 saturated heterocycles. The molecule has 0 amide bonds. The van der Waals surface area contributed by atoms with Crippen LogP contribution < -0.4 is 0 Å². The molecular formula is C16H12F4O3. The van der Waals surface area contributed by atoms with Crippen molar-refractivity contribution in [1.82, 2.24) is 0 Å². The van der Waals surface area contributed by atoms with E-state index in [2.05, 4.69) is 4.74 Å². The molecule has 2 aromatic rings.